The highest BCUT2D eigenvalue weighted by Crippen LogP contribution is 2.34. The molecule has 1 amide bonds. The fourth-order valence-electron chi connectivity index (χ4n) is 3.52. The van der Waals surface area contributed by atoms with Crippen molar-refractivity contribution in [1.82, 2.24) is 15.0 Å². The van der Waals surface area contributed by atoms with Gasteiger partial charge in [-0.05, 0) is 50.5 Å². The number of likely N-dealkylation sites (tertiary alicyclic amines) is 1. The van der Waals surface area contributed by atoms with E-state index in [1.54, 1.807) is 23.1 Å². The van der Waals surface area contributed by atoms with Gasteiger partial charge in [-0.2, -0.15) is 4.98 Å². The normalized spacial score (nSPS) is 17.0. The van der Waals surface area contributed by atoms with Crippen LogP contribution in [0.5, 0.6) is 0 Å². The summed E-state index contributed by atoms with van der Waals surface area (Å²) in [5, 5.41) is 4.97. The van der Waals surface area contributed by atoms with Gasteiger partial charge in [0.25, 0.3) is 5.91 Å². The zero-order valence-corrected chi connectivity index (χ0v) is 16.9. The van der Waals surface area contributed by atoms with E-state index < -0.39 is 0 Å². The Bertz CT molecular complexity index is 1020. The Kier molecular flexibility index (Phi) is 5.38. The Hall–Kier alpha value is -2.37. The highest BCUT2D eigenvalue weighted by molar-refractivity contribution is 6.36. The van der Waals surface area contributed by atoms with Crippen LogP contribution in [0.15, 0.2) is 47.0 Å². The summed E-state index contributed by atoms with van der Waals surface area (Å²) in [5.74, 6) is 0.831. The number of amides is 1. The lowest BCUT2D eigenvalue weighted by molar-refractivity contribution is 0.0561. The molecule has 0 radical (unpaired) electrons. The molecule has 28 heavy (non-hydrogen) atoms. The minimum Gasteiger partial charge on any atom is -0.337 e. The second kappa shape index (κ2) is 7.94. The maximum atomic E-state index is 13.1. The van der Waals surface area contributed by atoms with Crippen LogP contribution in [0.4, 0.5) is 0 Å². The third kappa shape index (κ3) is 3.77. The van der Waals surface area contributed by atoms with Gasteiger partial charge in [-0.15, -0.1) is 0 Å². The molecule has 1 aliphatic rings. The van der Waals surface area contributed by atoms with Crippen LogP contribution in [0, 0.1) is 6.92 Å². The lowest BCUT2D eigenvalue weighted by atomic mass is 10.0. The summed E-state index contributed by atoms with van der Waals surface area (Å²) < 4.78 is 5.55. The zero-order valence-electron chi connectivity index (χ0n) is 15.4. The van der Waals surface area contributed by atoms with Crippen molar-refractivity contribution < 1.29 is 9.32 Å². The number of rotatable bonds is 3. The van der Waals surface area contributed by atoms with E-state index in [9.17, 15) is 4.79 Å². The smallest absolute Gasteiger partial charge is 0.256 e. The second-order valence-electron chi connectivity index (χ2n) is 6.96. The van der Waals surface area contributed by atoms with Crippen molar-refractivity contribution in [1.29, 1.82) is 0 Å². The van der Waals surface area contributed by atoms with Crippen LogP contribution in [0.1, 0.15) is 47.1 Å². The van der Waals surface area contributed by atoms with Crippen LogP contribution in [0.3, 0.4) is 0 Å². The van der Waals surface area contributed by atoms with E-state index in [2.05, 4.69) is 10.1 Å². The van der Waals surface area contributed by atoms with Gasteiger partial charge in [-0.1, -0.05) is 52.1 Å². The predicted octanol–water partition coefficient (Wildman–Crippen LogP) is 5.72. The molecular weight excluding hydrogens is 397 g/mol. The number of benzene rings is 2. The summed E-state index contributed by atoms with van der Waals surface area (Å²) in [6.45, 7) is 2.63. The molecule has 1 atom stereocenters. The van der Waals surface area contributed by atoms with Gasteiger partial charge >= 0.3 is 0 Å². The van der Waals surface area contributed by atoms with E-state index >= 15 is 0 Å². The summed E-state index contributed by atoms with van der Waals surface area (Å²) in [4.78, 5) is 19.5. The Morgan fingerprint density at radius 3 is 2.82 bits per heavy atom. The number of nitrogens with zero attached hydrogens (tertiary/aromatic N) is 3. The number of halogens is 2. The van der Waals surface area contributed by atoms with Gasteiger partial charge in [0.2, 0.25) is 11.7 Å². The van der Waals surface area contributed by atoms with Gasteiger partial charge in [0.15, 0.2) is 0 Å². The SMILES string of the molecule is Cc1cccc(-c2noc(C3CCCCN3C(=O)c3ccc(Cl)cc3Cl)n2)c1. The molecule has 7 heteroatoms. The molecule has 2 heterocycles. The minimum atomic E-state index is -0.265. The molecule has 0 aliphatic carbocycles. The summed E-state index contributed by atoms with van der Waals surface area (Å²) in [5.41, 5.74) is 2.44. The lowest BCUT2D eigenvalue weighted by Crippen LogP contribution is -2.38. The lowest BCUT2D eigenvalue weighted by Gasteiger charge is -2.33. The number of aromatic nitrogens is 2. The maximum Gasteiger partial charge on any atom is 0.256 e. The van der Waals surface area contributed by atoms with Crippen LogP contribution in [0.25, 0.3) is 11.4 Å². The van der Waals surface area contributed by atoms with Gasteiger partial charge < -0.3 is 9.42 Å². The van der Waals surface area contributed by atoms with Gasteiger partial charge in [0.05, 0.1) is 10.6 Å². The van der Waals surface area contributed by atoms with E-state index in [0.717, 1.165) is 30.4 Å². The van der Waals surface area contributed by atoms with Crippen molar-refractivity contribution in [3.8, 4) is 11.4 Å². The number of carbonyl (C=O) groups is 1. The topological polar surface area (TPSA) is 59.2 Å². The highest BCUT2D eigenvalue weighted by Gasteiger charge is 2.33. The molecule has 1 saturated heterocycles. The summed E-state index contributed by atoms with van der Waals surface area (Å²) in [7, 11) is 0. The van der Waals surface area contributed by atoms with Crippen LogP contribution >= 0.6 is 23.2 Å². The zero-order chi connectivity index (χ0) is 19.7. The molecule has 0 bridgehead atoms. The monoisotopic (exact) mass is 415 g/mol. The third-order valence-corrected chi connectivity index (χ3v) is 5.48. The quantitative estimate of drug-likeness (QED) is 0.548. The summed E-state index contributed by atoms with van der Waals surface area (Å²) in [6.07, 6.45) is 2.68. The number of piperidine rings is 1. The highest BCUT2D eigenvalue weighted by atomic mass is 35.5. The molecule has 0 saturated carbocycles. The average Bonchev–Trinajstić information content (AvgIpc) is 3.18. The maximum absolute atomic E-state index is 13.1. The van der Waals surface area contributed by atoms with Crippen molar-refractivity contribution in [3.63, 3.8) is 0 Å². The molecular formula is C21H19Cl2N3O2. The van der Waals surface area contributed by atoms with Crippen molar-refractivity contribution in [3.05, 3.63) is 69.5 Å². The first kappa shape index (κ1) is 19.0. The van der Waals surface area contributed by atoms with Gasteiger partial charge in [-0.25, -0.2) is 0 Å². The van der Waals surface area contributed by atoms with Crippen molar-refractivity contribution in [2.45, 2.75) is 32.2 Å². The first-order valence-corrected chi connectivity index (χ1v) is 9.95. The largest absolute Gasteiger partial charge is 0.337 e. The molecule has 1 aromatic heterocycles. The molecule has 1 fully saturated rings. The molecule has 4 rings (SSSR count). The molecule has 5 nitrogen and oxygen atoms in total. The van der Waals surface area contributed by atoms with Gasteiger partial charge in [-0.3, -0.25) is 4.79 Å². The number of hydrogen-bond acceptors (Lipinski definition) is 4. The fourth-order valence-corrected chi connectivity index (χ4v) is 4.01. The van der Waals surface area contributed by atoms with Gasteiger partial charge in [0.1, 0.15) is 6.04 Å². The Balaban J connectivity index is 1.63. The average molecular weight is 416 g/mol. The van der Waals surface area contributed by atoms with E-state index in [-0.39, 0.29) is 11.9 Å². The predicted molar refractivity (Wildman–Crippen MR) is 109 cm³/mol. The second-order valence-corrected chi connectivity index (χ2v) is 7.80. The molecule has 3 aromatic rings. The standard InChI is InChI=1S/C21H19Cl2N3O2/c1-13-5-4-6-14(11-13)19-24-20(28-25-19)18-7-2-3-10-26(18)21(27)16-9-8-15(22)12-17(16)23/h4-6,8-9,11-12,18H,2-3,7,10H2,1H3. The van der Waals surface area contributed by atoms with Crippen molar-refractivity contribution in [2.75, 3.05) is 6.54 Å². The molecule has 0 spiro atoms. The first-order chi connectivity index (χ1) is 13.5. The van der Waals surface area contributed by atoms with Crippen LogP contribution in [-0.2, 0) is 0 Å². The fraction of sp³-hybridized carbons (Fsp3) is 0.286. The molecule has 0 N–H and O–H groups in total. The van der Waals surface area contributed by atoms with E-state index in [1.807, 2.05) is 31.2 Å². The van der Waals surface area contributed by atoms with E-state index in [1.165, 1.54) is 0 Å². The molecule has 2 aromatic carbocycles. The number of carbonyl (C=O) groups excluding carboxylic acids is 1. The van der Waals surface area contributed by atoms with Gasteiger partial charge in [0, 0.05) is 17.1 Å². The first-order valence-electron chi connectivity index (χ1n) is 9.19. The van der Waals surface area contributed by atoms with E-state index in [0.29, 0.717) is 33.9 Å². The summed E-state index contributed by atoms with van der Waals surface area (Å²) >= 11 is 12.2. The van der Waals surface area contributed by atoms with Crippen LogP contribution in [0.2, 0.25) is 10.0 Å². The van der Waals surface area contributed by atoms with Crippen molar-refractivity contribution >= 4 is 29.1 Å². The number of hydrogen-bond donors (Lipinski definition) is 0. The van der Waals surface area contributed by atoms with Crippen LogP contribution in [-0.4, -0.2) is 27.5 Å². The molecule has 1 unspecified atom stereocenters. The molecule has 1 aliphatic heterocycles. The van der Waals surface area contributed by atoms with E-state index in [4.69, 9.17) is 27.7 Å². The number of aryl methyl sites for hydroxylation is 1. The Morgan fingerprint density at radius 2 is 2.04 bits per heavy atom. The summed E-state index contributed by atoms with van der Waals surface area (Å²) in [6, 6.07) is 12.6. The van der Waals surface area contributed by atoms with Crippen molar-refractivity contribution in [2.24, 2.45) is 0 Å². The Labute approximate surface area is 173 Å². The third-order valence-electron chi connectivity index (χ3n) is 4.93. The minimum absolute atomic E-state index is 0.151. The molecule has 144 valence electrons. The Morgan fingerprint density at radius 1 is 1.18 bits per heavy atom. The van der Waals surface area contributed by atoms with Crippen LogP contribution < -0.4 is 0 Å².